The van der Waals surface area contributed by atoms with Crippen LogP contribution >= 0.6 is 0 Å². The molecule has 0 aliphatic heterocycles. The molecule has 1 aliphatic rings. The summed E-state index contributed by atoms with van der Waals surface area (Å²) in [5.41, 5.74) is 10.6. The Labute approximate surface area is 242 Å². The molecule has 0 saturated carbocycles. The zero-order valence-electron chi connectivity index (χ0n) is 24.2. The van der Waals surface area contributed by atoms with E-state index in [9.17, 15) is 0 Å². The molecule has 0 aromatic heterocycles. The Balaban J connectivity index is 1.89. The highest BCUT2D eigenvalue weighted by molar-refractivity contribution is 5.93. The summed E-state index contributed by atoms with van der Waals surface area (Å²) >= 11 is 0. The molecule has 0 heteroatoms. The highest BCUT2D eigenvalue weighted by Gasteiger charge is 2.18. The molecule has 0 amide bonds. The molecule has 0 saturated heterocycles. The summed E-state index contributed by atoms with van der Waals surface area (Å²) in [6, 6.07) is 19.2. The van der Waals surface area contributed by atoms with Crippen molar-refractivity contribution in [3.8, 4) is 0 Å². The van der Waals surface area contributed by atoms with Gasteiger partial charge in [0.05, 0.1) is 0 Å². The Bertz CT molecular complexity index is 1420. The molecule has 2 aromatic carbocycles. The molecule has 202 valence electrons. The van der Waals surface area contributed by atoms with Crippen LogP contribution in [0.2, 0.25) is 0 Å². The van der Waals surface area contributed by atoms with Crippen LogP contribution in [0.25, 0.3) is 11.1 Å². The fourth-order valence-corrected chi connectivity index (χ4v) is 4.91. The first-order chi connectivity index (χ1) is 19.5. The average Bonchev–Trinajstić information content (AvgIpc) is 2.99. The first-order valence-corrected chi connectivity index (χ1v) is 14.1. The van der Waals surface area contributed by atoms with E-state index in [0.717, 1.165) is 41.5 Å². The SMILES string of the molecule is C=C/C=C\C(CC)=C(/c1ccccc1)c1ccccc1C(=C)C1=CCC(C(=C)\C=C/C=C(/C=C\C)CC=C)C=C1. The van der Waals surface area contributed by atoms with E-state index in [-0.39, 0.29) is 5.92 Å². The van der Waals surface area contributed by atoms with Gasteiger partial charge >= 0.3 is 0 Å². The van der Waals surface area contributed by atoms with Crippen LogP contribution in [0.1, 0.15) is 49.8 Å². The third-order valence-electron chi connectivity index (χ3n) is 7.03. The minimum Gasteiger partial charge on any atom is -0.103 e. The van der Waals surface area contributed by atoms with E-state index in [1.807, 2.05) is 25.2 Å². The molecule has 0 N–H and O–H groups in total. The Morgan fingerprint density at radius 1 is 0.900 bits per heavy atom. The lowest BCUT2D eigenvalue weighted by Gasteiger charge is -2.21. The molecular weight excluding hydrogens is 480 g/mol. The van der Waals surface area contributed by atoms with Crippen molar-refractivity contribution in [2.75, 3.05) is 0 Å². The van der Waals surface area contributed by atoms with Crippen LogP contribution in [0.3, 0.4) is 0 Å². The first-order valence-electron chi connectivity index (χ1n) is 14.1. The summed E-state index contributed by atoms with van der Waals surface area (Å²) in [6.45, 7) is 20.9. The third kappa shape index (κ3) is 8.04. The van der Waals surface area contributed by atoms with Gasteiger partial charge in [-0.2, -0.15) is 0 Å². The van der Waals surface area contributed by atoms with Gasteiger partial charge in [0.2, 0.25) is 0 Å². The second-order valence-electron chi connectivity index (χ2n) is 9.77. The molecular formula is C40H42. The van der Waals surface area contributed by atoms with E-state index in [0.29, 0.717) is 0 Å². The second kappa shape index (κ2) is 15.9. The fraction of sp³-hybridized carbons (Fsp3) is 0.150. The normalized spacial score (nSPS) is 16.3. The van der Waals surface area contributed by atoms with Crippen molar-refractivity contribution in [3.05, 3.63) is 193 Å². The van der Waals surface area contributed by atoms with Gasteiger partial charge in [0.25, 0.3) is 0 Å². The topological polar surface area (TPSA) is 0 Å². The van der Waals surface area contributed by atoms with Crippen molar-refractivity contribution < 1.29 is 0 Å². The van der Waals surface area contributed by atoms with Crippen molar-refractivity contribution in [1.82, 2.24) is 0 Å². The molecule has 0 nitrogen and oxygen atoms in total. The van der Waals surface area contributed by atoms with Gasteiger partial charge in [-0.05, 0) is 76.3 Å². The van der Waals surface area contributed by atoms with Crippen LogP contribution in [0.5, 0.6) is 0 Å². The maximum absolute atomic E-state index is 4.57. The lowest BCUT2D eigenvalue weighted by molar-refractivity contribution is 0.786. The van der Waals surface area contributed by atoms with Gasteiger partial charge < -0.3 is 0 Å². The summed E-state index contributed by atoms with van der Waals surface area (Å²) in [6.07, 6.45) is 27.9. The quantitative estimate of drug-likeness (QED) is 0.181. The van der Waals surface area contributed by atoms with E-state index in [1.54, 1.807) is 0 Å². The van der Waals surface area contributed by atoms with Crippen molar-refractivity contribution in [2.24, 2.45) is 5.92 Å². The van der Waals surface area contributed by atoms with Gasteiger partial charge in [-0.3, -0.25) is 0 Å². The molecule has 0 radical (unpaired) electrons. The summed E-state index contributed by atoms with van der Waals surface area (Å²) in [4.78, 5) is 0. The molecule has 1 atom stereocenters. The van der Waals surface area contributed by atoms with Crippen LogP contribution in [0.4, 0.5) is 0 Å². The van der Waals surface area contributed by atoms with Crippen LogP contribution in [-0.4, -0.2) is 0 Å². The van der Waals surface area contributed by atoms with Gasteiger partial charge in [0, 0.05) is 5.92 Å². The summed E-state index contributed by atoms with van der Waals surface area (Å²) in [7, 11) is 0. The number of benzene rings is 2. The van der Waals surface area contributed by atoms with Crippen molar-refractivity contribution >= 4 is 11.1 Å². The van der Waals surface area contributed by atoms with Gasteiger partial charge in [0.1, 0.15) is 0 Å². The molecule has 1 unspecified atom stereocenters. The highest BCUT2D eigenvalue weighted by atomic mass is 14.2. The predicted molar refractivity (Wildman–Crippen MR) is 179 cm³/mol. The Kier molecular flexibility index (Phi) is 11.9. The van der Waals surface area contributed by atoms with Gasteiger partial charge in [0.15, 0.2) is 0 Å². The molecule has 0 heterocycles. The summed E-state index contributed by atoms with van der Waals surface area (Å²) in [5.74, 6) is 0.275. The molecule has 0 bridgehead atoms. The zero-order valence-corrected chi connectivity index (χ0v) is 24.2. The number of allylic oxidation sites excluding steroid dienone is 17. The molecule has 0 fully saturated rings. The van der Waals surface area contributed by atoms with Gasteiger partial charge in [-0.15, -0.1) is 6.58 Å². The molecule has 1 aliphatic carbocycles. The molecule has 2 aromatic rings. The summed E-state index contributed by atoms with van der Waals surface area (Å²) in [5, 5.41) is 0. The fourth-order valence-electron chi connectivity index (χ4n) is 4.91. The molecule has 3 rings (SSSR count). The van der Waals surface area contributed by atoms with E-state index in [1.165, 1.54) is 27.8 Å². The lowest BCUT2D eigenvalue weighted by Crippen LogP contribution is -2.04. The van der Waals surface area contributed by atoms with E-state index in [2.05, 4.69) is 143 Å². The number of hydrogen-bond donors (Lipinski definition) is 0. The smallest absolute Gasteiger partial charge is 0.00502 e. The maximum atomic E-state index is 4.57. The van der Waals surface area contributed by atoms with Crippen molar-refractivity contribution in [2.45, 2.75) is 33.1 Å². The predicted octanol–water partition coefficient (Wildman–Crippen LogP) is 11.3. The largest absolute Gasteiger partial charge is 0.103 e. The van der Waals surface area contributed by atoms with E-state index >= 15 is 0 Å². The van der Waals surface area contributed by atoms with Crippen LogP contribution in [0, 0.1) is 5.92 Å². The minimum absolute atomic E-state index is 0.275. The summed E-state index contributed by atoms with van der Waals surface area (Å²) < 4.78 is 0. The van der Waals surface area contributed by atoms with Crippen LogP contribution < -0.4 is 0 Å². The van der Waals surface area contributed by atoms with E-state index in [4.69, 9.17) is 0 Å². The van der Waals surface area contributed by atoms with Gasteiger partial charge in [-0.25, -0.2) is 0 Å². The molecule has 40 heavy (non-hydrogen) atoms. The second-order valence-corrected chi connectivity index (χ2v) is 9.77. The minimum atomic E-state index is 0.275. The third-order valence-corrected chi connectivity index (χ3v) is 7.03. The lowest BCUT2D eigenvalue weighted by atomic mass is 9.83. The standard InChI is InChI=1S/C40H42/c1-7-11-22-34(10-4)40(37-23-13-12-14-24-37)39-26-16-15-25-38(39)32(6)36-29-27-35(28-30-36)31(5)20-17-21-33(18-8-2)19-9-3/h7-9,11-17,19-27,29-30,35H,1-2,5-6,10,18,28H2,3-4H3/b19-9-,20-17-,22-11-,33-21+,40-34+. The molecule has 0 spiro atoms. The Morgan fingerprint density at radius 2 is 1.62 bits per heavy atom. The van der Waals surface area contributed by atoms with Crippen molar-refractivity contribution in [3.63, 3.8) is 0 Å². The average molecular weight is 523 g/mol. The van der Waals surface area contributed by atoms with Gasteiger partial charge in [-0.1, -0.05) is 154 Å². The number of rotatable bonds is 13. The zero-order chi connectivity index (χ0) is 28.7. The monoisotopic (exact) mass is 522 g/mol. The first kappa shape index (κ1) is 30.1. The maximum Gasteiger partial charge on any atom is 0.00502 e. The van der Waals surface area contributed by atoms with Crippen LogP contribution in [-0.2, 0) is 0 Å². The van der Waals surface area contributed by atoms with E-state index < -0.39 is 0 Å². The Morgan fingerprint density at radius 3 is 2.25 bits per heavy atom. The van der Waals surface area contributed by atoms with Crippen LogP contribution in [0.15, 0.2) is 176 Å². The number of hydrogen-bond acceptors (Lipinski definition) is 0. The van der Waals surface area contributed by atoms with Crippen molar-refractivity contribution in [1.29, 1.82) is 0 Å². The Hall–Kier alpha value is -4.42. The highest BCUT2D eigenvalue weighted by Crippen LogP contribution is 2.37.